The highest BCUT2D eigenvalue weighted by molar-refractivity contribution is 8.07. The molecule has 19 nitrogen and oxygen atoms in total. The number of hydrogen-bond acceptors (Lipinski definition) is 17. The summed E-state index contributed by atoms with van der Waals surface area (Å²) in [6.45, 7) is -5.38. The van der Waals surface area contributed by atoms with Gasteiger partial charge in [-0.1, -0.05) is 0 Å². The molecule has 0 bridgehead atoms. The topological polar surface area (TPSA) is 252 Å². The Hall–Kier alpha value is -2.75. The van der Waals surface area contributed by atoms with Crippen LogP contribution >= 0.6 is 14.2 Å². The lowest BCUT2D eigenvalue weighted by Crippen LogP contribution is -2.38. The lowest BCUT2D eigenvalue weighted by molar-refractivity contribution is -0.0572. The van der Waals surface area contributed by atoms with Gasteiger partial charge in [-0.3, -0.25) is 13.7 Å². The number of aliphatic hydroxyl groups is 1. The standard InChI is InChI=1S/C20H22BFN10O9P2S/c21-42(34)36-1-8-14(12(33)20(39-8)32-6-30-11-16(24)26-4-28-18(11)32)41-43(35,44)37-2-7-13(40-42)9(22)19(38-7)31-5-29-10-15(23)25-3-27-17(10)31/h3-9,12-14,19-20,33H,1-2H2,(H,35,44)(H2,23,25,27)(H2,24,26,28)/q-1/t7-,8-,9?,12?,13+,14+,19-,20-,42-,43?/m1/s1. The molecule has 3 aliphatic heterocycles. The van der Waals surface area contributed by atoms with Gasteiger partial charge in [0.05, 0.1) is 33.3 Å². The molecule has 0 amide bonds. The number of alkyl halides is 1. The Morgan fingerprint density at radius 2 is 1.43 bits per heavy atom. The number of hydrogen-bond donors (Lipinski definition) is 4. The van der Waals surface area contributed by atoms with E-state index in [0.717, 1.165) is 0 Å². The quantitative estimate of drug-likeness (QED) is 0.157. The zero-order chi connectivity index (χ0) is 31.0. The van der Waals surface area contributed by atoms with E-state index in [0.29, 0.717) is 0 Å². The molecule has 4 aromatic heterocycles. The largest absolute Gasteiger partial charge is 0.444 e. The highest BCUT2D eigenvalue weighted by Gasteiger charge is 2.52. The Balaban J connectivity index is 1.17. The molecule has 0 spiro atoms. The summed E-state index contributed by atoms with van der Waals surface area (Å²) >= 11 is 5.20. The van der Waals surface area contributed by atoms with E-state index in [1.54, 1.807) is 0 Å². The second kappa shape index (κ2) is 11.0. The fraction of sp³-hybridized carbons (Fsp3) is 0.500. The molecular weight excluding hydrogens is 648 g/mol. The van der Waals surface area contributed by atoms with Gasteiger partial charge in [0.1, 0.15) is 54.2 Å². The fourth-order valence-corrected chi connectivity index (χ4v) is 7.69. The van der Waals surface area contributed by atoms with Crippen LogP contribution in [0.2, 0.25) is 0 Å². The molecule has 0 saturated carbocycles. The van der Waals surface area contributed by atoms with Crippen molar-refractivity contribution < 1.29 is 46.5 Å². The van der Waals surface area contributed by atoms with E-state index >= 15 is 4.39 Å². The van der Waals surface area contributed by atoms with Crippen LogP contribution in [-0.2, 0) is 43.9 Å². The number of nitrogen functional groups attached to an aromatic ring is 2. The maximum atomic E-state index is 16.0. The second-order valence-corrected chi connectivity index (χ2v) is 14.3. The Bertz CT molecular complexity index is 1710. The molecule has 44 heavy (non-hydrogen) atoms. The number of rotatable bonds is 2. The number of halogens is 1. The molecule has 7 heterocycles. The van der Waals surface area contributed by atoms with E-state index < -0.39 is 76.6 Å². The normalized spacial score (nSPS) is 38.3. The minimum absolute atomic E-state index is 0.0574. The molecule has 3 aliphatic rings. The summed E-state index contributed by atoms with van der Waals surface area (Å²) in [4.78, 5) is 35.2. The van der Waals surface area contributed by atoms with Gasteiger partial charge in [0.25, 0.3) is 0 Å². The van der Waals surface area contributed by atoms with Crippen LogP contribution < -0.4 is 11.5 Å². The maximum absolute atomic E-state index is 16.0. The van der Waals surface area contributed by atoms with Crippen molar-refractivity contribution in [3.63, 3.8) is 0 Å². The highest BCUT2D eigenvalue weighted by atomic mass is 32.5. The van der Waals surface area contributed by atoms with Crippen molar-refractivity contribution in [1.82, 2.24) is 39.0 Å². The maximum Gasteiger partial charge on any atom is 0.325 e. The first-order chi connectivity index (χ1) is 20.9. The Morgan fingerprint density at radius 1 is 0.886 bits per heavy atom. The van der Waals surface area contributed by atoms with Gasteiger partial charge < -0.3 is 56.6 Å². The molecule has 7 rings (SSSR count). The Labute approximate surface area is 252 Å². The molecule has 0 aromatic carbocycles. The molecule has 233 valence electrons. The zero-order valence-electron chi connectivity index (χ0n) is 22.1. The third kappa shape index (κ3) is 5.19. The van der Waals surface area contributed by atoms with Gasteiger partial charge in [0.2, 0.25) is 0 Å². The van der Waals surface area contributed by atoms with E-state index in [1.165, 1.54) is 34.4 Å². The van der Waals surface area contributed by atoms with Crippen molar-refractivity contribution >= 4 is 67.5 Å². The minimum Gasteiger partial charge on any atom is -0.444 e. The van der Waals surface area contributed by atoms with Crippen LogP contribution in [0.5, 0.6) is 0 Å². The number of fused-ring (bicyclic) bond motifs is 4. The van der Waals surface area contributed by atoms with E-state index in [9.17, 15) is 14.6 Å². The summed E-state index contributed by atoms with van der Waals surface area (Å²) in [5.41, 5.74) is 12.5. The predicted octanol–water partition coefficient (Wildman–Crippen LogP) is -0.365. The molecule has 3 radical (unpaired) electrons. The molecule has 4 aromatic rings. The lowest BCUT2D eigenvalue weighted by Gasteiger charge is -2.35. The first kappa shape index (κ1) is 29.9. The summed E-state index contributed by atoms with van der Waals surface area (Å²) < 4.78 is 65.6. The molecule has 3 saturated heterocycles. The molecule has 6 N–H and O–H groups in total. The first-order valence-electron chi connectivity index (χ1n) is 12.8. The number of ether oxygens (including phenoxy) is 2. The minimum atomic E-state index is -4.53. The summed E-state index contributed by atoms with van der Waals surface area (Å²) in [5, 5.41) is 11.2. The molecule has 3 fully saturated rings. The van der Waals surface area contributed by atoms with Gasteiger partial charge >= 0.3 is 6.72 Å². The Kier molecular flexibility index (Phi) is 7.45. The smallest absolute Gasteiger partial charge is 0.325 e. The number of nitrogens with two attached hydrogens (primary N) is 2. The van der Waals surface area contributed by atoms with Gasteiger partial charge in [-0.15, -0.1) is 0 Å². The van der Waals surface area contributed by atoms with Crippen LogP contribution in [0.25, 0.3) is 22.3 Å². The summed E-state index contributed by atoms with van der Waals surface area (Å²) in [6.07, 6.45) is -6.88. The molecule has 3 unspecified atom stereocenters. The van der Waals surface area contributed by atoms with E-state index in [2.05, 4.69) is 29.9 Å². The first-order valence-corrected chi connectivity index (χ1v) is 17.0. The van der Waals surface area contributed by atoms with Crippen molar-refractivity contribution in [3.05, 3.63) is 25.3 Å². The summed E-state index contributed by atoms with van der Waals surface area (Å²) in [6, 6.07) is 0. The average molecular weight is 670 g/mol. The summed E-state index contributed by atoms with van der Waals surface area (Å²) in [5.74, 6) is 0.148. The van der Waals surface area contributed by atoms with Crippen molar-refractivity contribution in [1.29, 1.82) is 0 Å². The van der Waals surface area contributed by atoms with Crippen LogP contribution in [0, 0.1) is 0 Å². The molecule has 24 heteroatoms. The van der Waals surface area contributed by atoms with Crippen molar-refractivity contribution in [2.75, 3.05) is 24.7 Å². The molecule has 10 atom stereocenters. The van der Waals surface area contributed by atoms with Crippen LogP contribution in [0.1, 0.15) is 12.5 Å². The average Bonchev–Trinajstić information content (AvgIpc) is 3.73. The highest BCUT2D eigenvalue weighted by Crippen LogP contribution is 2.54. The number of nitrogens with zero attached hydrogens (tertiary/aromatic N) is 8. The van der Waals surface area contributed by atoms with Crippen molar-refractivity contribution in [2.45, 2.75) is 49.1 Å². The number of aliphatic hydroxyl groups excluding tert-OH is 1. The predicted molar refractivity (Wildman–Crippen MR) is 150 cm³/mol. The number of anilines is 2. The Morgan fingerprint density at radius 3 is 2.07 bits per heavy atom. The number of imidazole rings is 2. The SMILES string of the molecule is [B-][P@@]1(=O)OC[C@H]2O[C@@H](n3cnc4c(N)ncnc43)C(O)[C@H]2OP(O)(=S)OC[C@H]2O[C@@H](n3cnc4c(N)ncnc43)C(F)[C@H]2O1. The van der Waals surface area contributed by atoms with Crippen molar-refractivity contribution in [2.24, 2.45) is 0 Å². The van der Waals surface area contributed by atoms with Crippen molar-refractivity contribution in [3.8, 4) is 0 Å². The number of aromatic nitrogens is 8. The van der Waals surface area contributed by atoms with Crippen LogP contribution in [0.4, 0.5) is 16.0 Å². The molecule has 0 aliphatic carbocycles. The van der Waals surface area contributed by atoms with E-state index in [1.807, 2.05) is 0 Å². The van der Waals surface area contributed by atoms with Gasteiger partial charge in [0, 0.05) is 0 Å². The van der Waals surface area contributed by atoms with E-state index in [-0.39, 0.29) is 34.0 Å². The van der Waals surface area contributed by atoms with Gasteiger partial charge in [-0.05, 0) is 11.8 Å². The third-order valence-corrected chi connectivity index (χ3v) is 9.85. The van der Waals surface area contributed by atoms with Crippen LogP contribution in [0.15, 0.2) is 25.3 Å². The van der Waals surface area contributed by atoms with Crippen LogP contribution in [0.3, 0.4) is 0 Å². The van der Waals surface area contributed by atoms with Gasteiger partial charge in [-0.25, -0.2) is 34.3 Å². The zero-order valence-corrected chi connectivity index (χ0v) is 24.7. The summed E-state index contributed by atoms with van der Waals surface area (Å²) in [7, 11) is 1.33. The van der Waals surface area contributed by atoms with Crippen LogP contribution in [-0.4, -0.2) is 107 Å². The fourth-order valence-electron chi connectivity index (χ4n) is 5.23. The van der Waals surface area contributed by atoms with Gasteiger partial charge in [-0.2, -0.15) is 0 Å². The van der Waals surface area contributed by atoms with E-state index in [4.69, 9.17) is 58.4 Å². The lowest BCUT2D eigenvalue weighted by atomic mass is 10.1. The van der Waals surface area contributed by atoms with Gasteiger partial charge in [0.15, 0.2) is 41.6 Å². The monoisotopic (exact) mass is 670 g/mol. The second-order valence-electron chi connectivity index (χ2n) is 9.97. The molecular formula is C20H22BFN10O9P2S-. The third-order valence-electron chi connectivity index (χ3n) is 7.24.